The highest BCUT2D eigenvalue weighted by atomic mass is 35.5. The van der Waals surface area contributed by atoms with E-state index in [0.29, 0.717) is 15.8 Å². The van der Waals surface area contributed by atoms with E-state index < -0.39 is 0 Å². The van der Waals surface area contributed by atoms with Crippen LogP contribution in [0.4, 0.5) is 0 Å². The van der Waals surface area contributed by atoms with E-state index in [0.717, 1.165) is 19.5 Å². The first-order chi connectivity index (χ1) is 11.1. The summed E-state index contributed by atoms with van der Waals surface area (Å²) >= 11 is 7.21. The van der Waals surface area contributed by atoms with Crippen LogP contribution in [0.5, 0.6) is 0 Å². The van der Waals surface area contributed by atoms with Gasteiger partial charge in [-0.05, 0) is 37.2 Å². The molecule has 1 heterocycles. The predicted molar refractivity (Wildman–Crippen MR) is 98.5 cm³/mol. The van der Waals surface area contributed by atoms with Crippen molar-refractivity contribution in [3.05, 3.63) is 57.2 Å². The quantitative estimate of drug-likeness (QED) is 0.777. The molecule has 3 nitrogen and oxygen atoms in total. The van der Waals surface area contributed by atoms with Crippen LogP contribution in [0.25, 0.3) is 0 Å². The minimum absolute atomic E-state index is 0.0490. The molecule has 0 bridgehead atoms. The van der Waals surface area contributed by atoms with E-state index in [1.807, 2.05) is 6.07 Å². The second kappa shape index (κ2) is 9.06. The summed E-state index contributed by atoms with van der Waals surface area (Å²) in [5.74, 6) is -0.0490. The summed E-state index contributed by atoms with van der Waals surface area (Å²) in [6.07, 6.45) is 0.925. The third kappa shape index (κ3) is 5.34. The molecule has 124 valence electrons. The maximum absolute atomic E-state index is 12.2. The van der Waals surface area contributed by atoms with Crippen molar-refractivity contribution in [3.63, 3.8) is 0 Å². The standard InChI is InChI=1S/C18H23ClN2OS/c1-3-21(4-2)15(12-14-8-6-5-7-9-14)13-20-18(22)16-10-11-17(19)23-16/h5-11,15H,3-4,12-13H2,1-2H3,(H,20,22). The van der Waals surface area contributed by atoms with Gasteiger partial charge in [-0.1, -0.05) is 55.8 Å². The maximum Gasteiger partial charge on any atom is 0.261 e. The van der Waals surface area contributed by atoms with Gasteiger partial charge < -0.3 is 5.32 Å². The first kappa shape index (κ1) is 18.0. The topological polar surface area (TPSA) is 32.3 Å². The molecule has 5 heteroatoms. The molecule has 0 saturated heterocycles. The number of benzene rings is 1. The summed E-state index contributed by atoms with van der Waals surface area (Å²) in [6.45, 7) is 6.87. The summed E-state index contributed by atoms with van der Waals surface area (Å²) < 4.78 is 0.639. The minimum atomic E-state index is -0.0490. The maximum atomic E-state index is 12.2. The van der Waals surface area contributed by atoms with E-state index in [1.54, 1.807) is 12.1 Å². The number of rotatable bonds is 8. The molecular weight excluding hydrogens is 328 g/mol. The van der Waals surface area contributed by atoms with E-state index >= 15 is 0 Å². The van der Waals surface area contributed by atoms with Crippen LogP contribution in [0.15, 0.2) is 42.5 Å². The van der Waals surface area contributed by atoms with Crippen LogP contribution in [0.3, 0.4) is 0 Å². The zero-order valence-corrected chi connectivity index (χ0v) is 15.2. The second-order valence-corrected chi connectivity index (χ2v) is 7.09. The molecule has 1 aromatic heterocycles. The molecule has 0 fully saturated rings. The van der Waals surface area contributed by atoms with Crippen molar-refractivity contribution < 1.29 is 4.79 Å². The van der Waals surface area contributed by atoms with Gasteiger partial charge >= 0.3 is 0 Å². The van der Waals surface area contributed by atoms with Crippen molar-refractivity contribution >= 4 is 28.8 Å². The van der Waals surface area contributed by atoms with Gasteiger partial charge in [0.05, 0.1) is 9.21 Å². The lowest BCUT2D eigenvalue weighted by Crippen LogP contribution is -2.45. The first-order valence-corrected chi connectivity index (χ1v) is 9.15. The lowest BCUT2D eigenvalue weighted by Gasteiger charge is -2.30. The van der Waals surface area contributed by atoms with Gasteiger partial charge in [0.15, 0.2) is 0 Å². The van der Waals surface area contributed by atoms with E-state index in [4.69, 9.17) is 11.6 Å². The lowest BCUT2D eigenvalue weighted by molar-refractivity contribution is 0.0938. The minimum Gasteiger partial charge on any atom is -0.350 e. The molecule has 2 rings (SSSR count). The Balaban J connectivity index is 2.01. The van der Waals surface area contributed by atoms with Gasteiger partial charge in [-0.3, -0.25) is 9.69 Å². The molecule has 0 aliphatic carbocycles. The molecule has 1 atom stereocenters. The Morgan fingerprint density at radius 1 is 1.17 bits per heavy atom. The summed E-state index contributed by atoms with van der Waals surface area (Å²) in [6, 6.07) is 14.2. The zero-order chi connectivity index (χ0) is 16.7. The van der Waals surface area contributed by atoms with E-state index in [9.17, 15) is 4.79 Å². The first-order valence-electron chi connectivity index (χ1n) is 7.95. The van der Waals surface area contributed by atoms with Gasteiger partial charge in [0.25, 0.3) is 5.91 Å². The number of halogens is 1. The third-order valence-electron chi connectivity index (χ3n) is 3.94. The number of hydrogen-bond acceptors (Lipinski definition) is 3. The van der Waals surface area contributed by atoms with Crippen molar-refractivity contribution in [1.29, 1.82) is 0 Å². The van der Waals surface area contributed by atoms with Crippen LogP contribution in [-0.2, 0) is 6.42 Å². The Hall–Kier alpha value is -1.36. The van der Waals surface area contributed by atoms with E-state index in [2.05, 4.69) is 48.3 Å². The van der Waals surface area contributed by atoms with Crippen LogP contribution >= 0.6 is 22.9 Å². The van der Waals surface area contributed by atoms with Crippen LogP contribution in [-0.4, -0.2) is 36.5 Å². The third-order valence-corrected chi connectivity index (χ3v) is 5.17. The van der Waals surface area contributed by atoms with Crippen molar-refractivity contribution in [2.45, 2.75) is 26.3 Å². The van der Waals surface area contributed by atoms with Gasteiger partial charge in [0.1, 0.15) is 0 Å². The number of nitrogens with one attached hydrogen (secondary N) is 1. The van der Waals surface area contributed by atoms with E-state index in [1.165, 1.54) is 16.9 Å². The number of thiophene rings is 1. The monoisotopic (exact) mass is 350 g/mol. The number of likely N-dealkylation sites (N-methyl/N-ethyl adjacent to an activating group) is 1. The second-order valence-electron chi connectivity index (χ2n) is 5.38. The summed E-state index contributed by atoms with van der Waals surface area (Å²) in [4.78, 5) is 15.3. The van der Waals surface area contributed by atoms with Crippen molar-refractivity contribution in [3.8, 4) is 0 Å². The molecule has 0 radical (unpaired) electrons. The average molecular weight is 351 g/mol. The van der Waals surface area contributed by atoms with Gasteiger partial charge in [0, 0.05) is 12.6 Å². The molecule has 1 N–H and O–H groups in total. The fraction of sp³-hybridized carbons (Fsp3) is 0.389. The Labute approximate surface area is 147 Å². The zero-order valence-electron chi connectivity index (χ0n) is 13.6. The molecule has 23 heavy (non-hydrogen) atoms. The lowest BCUT2D eigenvalue weighted by atomic mass is 10.0. The van der Waals surface area contributed by atoms with Crippen molar-refractivity contribution in [2.24, 2.45) is 0 Å². The fourth-order valence-corrected chi connectivity index (χ4v) is 3.65. The highest BCUT2D eigenvalue weighted by Crippen LogP contribution is 2.21. The van der Waals surface area contributed by atoms with Crippen LogP contribution < -0.4 is 5.32 Å². The largest absolute Gasteiger partial charge is 0.350 e. The smallest absolute Gasteiger partial charge is 0.261 e. The molecule has 0 saturated carbocycles. The predicted octanol–water partition coefficient (Wildman–Crippen LogP) is 4.08. The molecule has 2 aromatic rings. The Morgan fingerprint density at radius 3 is 2.43 bits per heavy atom. The molecule has 0 spiro atoms. The number of nitrogens with zero attached hydrogens (tertiary/aromatic N) is 1. The number of carbonyl (C=O) groups excluding carboxylic acids is 1. The molecular formula is C18H23ClN2OS. The normalized spacial score (nSPS) is 12.3. The fourth-order valence-electron chi connectivity index (χ4n) is 2.69. The summed E-state index contributed by atoms with van der Waals surface area (Å²) in [5, 5.41) is 3.05. The number of carbonyl (C=O) groups is 1. The van der Waals surface area contributed by atoms with Gasteiger partial charge in [0.2, 0.25) is 0 Å². The van der Waals surface area contributed by atoms with Crippen molar-refractivity contribution in [1.82, 2.24) is 10.2 Å². The SMILES string of the molecule is CCN(CC)C(CNC(=O)c1ccc(Cl)s1)Cc1ccccc1. The van der Waals surface area contributed by atoms with Crippen molar-refractivity contribution in [2.75, 3.05) is 19.6 Å². The van der Waals surface area contributed by atoms with Gasteiger partial charge in [-0.25, -0.2) is 0 Å². The average Bonchev–Trinajstić information content (AvgIpc) is 3.00. The molecule has 0 aliphatic rings. The molecule has 0 aliphatic heterocycles. The summed E-state index contributed by atoms with van der Waals surface area (Å²) in [7, 11) is 0. The van der Waals surface area contributed by atoms with Crippen LogP contribution in [0, 0.1) is 0 Å². The summed E-state index contributed by atoms with van der Waals surface area (Å²) in [5.41, 5.74) is 1.29. The van der Waals surface area contributed by atoms with Gasteiger partial charge in [-0.2, -0.15) is 0 Å². The highest BCUT2D eigenvalue weighted by Gasteiger charge is 2.18. The number of hydrogen-bond donors (Lipinski definition) is 1. The highest BCUT2D eigenvalue weighted by molar-refractivity contribution is 7.17. The Morgan fingerprint density at radius 2 is 1.87 bits per heavy atom. The molecule has 1 unspecified atom stereocenters. The van der Waals surface area contributed by atoms with Gasteiger partial charge in [-0.15, -0.1) is 11.3 Å². The Bertz CT molecular complexity index is 610. The van der Waals surface area contributed by atoms with Crippen LogP contribution in [0.2, 0.25) is 4.34 Å². The van der Waals surface area contributed by atoms with E-state index in [-0.39, 0.29) is 11.9 Å². The molecule has 1 amide bonds. The molecule has 1 aromatic carbocycles. The Kier molecular flexibility index (Phi) is 7.09. The van der Waals surface area contributed by atoms with Crippen LogP contribution in [0.1, 0.15) is 29.1 Å². The number of amides is 1.